The highest BCUT2D eigenvalue weighted by molar-refractivity contribution is 5.35. The van der Waals surface area contributed by atoms with E-state index in [0.29, 0.717) is 13.0 Å². The number of hydrogen-bond acceptors (Lipinski definition) is 4. The average molecular weight is 292 g/mol. The van der Waals surface area contributed by atoms with Crippen molar-refractivity contribution in [1.29, 1.82) is 0 Å². The molecule has 20 heavy (non-hydrogen) atoms. The van der Waals surface area contributed by atoms with Gasteiger partial charge in [0, 0.05) is 27.2 Å². The number of nitrogens with zero attached hydrogens (tertiary/aromatic N) is 4. The van der Waals surface area contributed by atoms with Crippen LogP contribution in [0.5, 0.6) is 0 Å². The van der Waals surface area contributed by atoms with Gasteiger partial charge in [0.1, 0.15) is 0 Å². The Bertz CT molecular complexity index is 620. The van der Waals surface area contributed by atoms with Crippen LogP contribution in [0.25, 0.3) is 0 Å². The molecule has 6 nitrogen and oxygen atoms in total. The van der Waals surface area contributed by atoms with Gasteiger partial charge in [-0.05, 0) is 12.8 Å². The van der Waals surface area contributed by atoms with Crippen LogP contribution >= 0.6 is 0 Å². The molecular weight excluding hydrogens is 277 g/mol. The van der Waals surface area contributed by atoms with Crippen LogP contribution in [0.15, 0.2) is 9.59 Å². The number of aromatic nitrogens is 3. The summed E-state index contributed by atoms with van der Waals surface area (Å²) in [6.07, 6.45) is -3.91. The quantitative estimate of drug-likeness (QED) is 0.745. The van der Waals surface area contributed by atoms with Gasteiger partial charge in [0.25, 0.3) is 5.56 Å². The maximum Gasteiger partial charge on any atom is 0.393 e. The van der Waals surface area contributed by atoms with Crippen molar-refractivity contribution < 1.29 is 13.2 Å². The summed E-state index contributed by atoms with van der Waals surface area (Å²) in [6, 6.07) is 0. The van der Waals surface area contributed by atoms with Gasteiger partial charge in [-0.25, -0.2) is 9.48 Å². The van der Waals surface area contributed by atoms with Crippen molar-refractivity contribution in [3.63, 3.8) is 0 Å². The summed E-state index contributed by atoms with van der Waals surface area (Å²) in [6.45, 7) is 0.0248. The molecule has 0 spiro atoms. The van der Waals surface area contributed by atoms with Gasteiger partial charge in [0.15, 0.2) is 0 Å². The maximum atomic E-state index is 12.8. The van der Waals surface area contributed by atoms with E-state index in [2.05, 4.69) is 5.10 Å². The SMILES string of the molecule is Cn1nc(N2CCCC(C(F)(F)F)C2)c(=O)n(C)c1=O. The normalized spacial score (nSPS) is 20.2. The topological polar surface area (TPSA) is 60.1 Å². The fourth-order valence-corrected chi connectivity index (χ4v) is 2.32. The van der Waals surface area contributed by atoms with E-state index in [1.54, 1.807) is 0 Å². The van der Waals surface area contributed by atoms with Crippen LogP contribution in [0.2, 0.25) is 0 Å². The zero-order chi connectivity index (χ0) is 15.1. The zero-order valence-electron chi connectivity index (χ0n) is 11.1. The lowest BCUT2D eigenvalue weighted by Crippen LogP contribution is -2.48. The molecule has 1 aliphatic heterocycles. The second kappa shape index (κ2) is 4.95. The molecule has 1 aromatic rings. The third kappa shape index (κ3) is 2.56. The van der Waals surface area contributed by atoms with Crippen molar-refractivity contribution in [3.05, 3.63) is 20.8 Å². The standard InChI is InChI=1S/C11H15F3N4O2/c1-16-9(19)8(15-17(2)10(16)20)18-5-3-4-7(6-18)11(12,13)14/h7H,3-6H2,1-2H3. The molecule has 1 saturated heterocycles. The molecule has 1 fully saturated rings. The van der Waals surface area contributed by atoms with Gasteiger partial charge in [-0.3, -0.25) is 9.36 Å². The van der Waals surface area contributed by atoms with Crippen molar-refractivity contribution in [1.82, 2.24) is 14.3 Å². The summed E-state index contributed by atoms with van der Waals surface area (Å²) >= 11 is 0. The number of alkyl halides is 3. The maximum absolute atomic E-state index is 12.8. The lowest BCUT2D eigenvalue weighted by Gasteiger charge is -2.34. The molecule has 0 radical (unpaired) electrons. The molecule has 2 heterocycles. The fraction of sp³-hybridized carbons (Fsp3) is 0.727. The molecule has 9 heteroatoms. The monoisotopic (exact) mass is 292 g/mol. The smallest absolute Gasteiger partial charge is 0.350 e. The van der Waals surface area contributed by atoms with Crippen LogP contribution in [0, 0.1) is 5.92 Å². The van der Waals surface area contributed by atoms with Crippen LogP contribution < -0.4 is 16.1 Å². The van der Waals surface area contributed by atoms with E-state index in [1.165, 1.54) is 19.0 Å². The van der Waals surface area contributed by atoms with Gasteiger partial charge >= 0.3 is 11.9 Å². The number of aryl methyl sites for hydroxylation is 1. The van der Waals surface area contributed by atoms with Gasteiger partial charge < -0.3 is 4.90 Å². The van der Waals surface area contributed by atoms with Crippen LogP contribution in [0.1, 0.15) is 12.8 Å². The first kappa shape index (κ1) is 14.6. The molecule has 1 unspecified atom stereocenters. The van der Waals surface area contributed by atoms with E-state index in [1.807, 2.05) is 0 Å². The summed E-state index contributed by atoms with van der Waals surface area (Å²) in [5, 5.41) is 3.80. The number of hydrogen-bond donors (Lipinski definition) is 0. The van der Waals surface area contributed by atoms with Crippen LogP contribution in [-0.4, -0.2) is 33.6 Å². The Kier molecular flexibility index (Phi) is 3.61. The van der Waals surface area contributed by atoms with Crippen molar-refractivity contribution in [2.24, 2.45) is 20.0 Å². The Labute approximate surface area is 112 Å². The van der Waals surface area contributed by atoms with E-state index in [-0.39, 0.29) is 18.8 Å². The highest BCUT2D eigenvalue weighted by Crippen LogP contribution is 2.33. The molecule has 0 bridgehead atoms. The molecule has 1 atom stereocenters. The molecule has 0 amide bonds. The van der Waals surface area contributed by atoms with Crippen molar-refractivity contribution in [2.45, 2.75) is 19.0 Å². The van der Waals surface area contributed by atoms with Gasteiger partial charge in [0.05, 0.1) is 5.92 Å². The first-order valence-electron chi connectivity index (χ1n) is 6.18. The summed E-state index contributed by atoms with van der Waals surface area (Å²) in [5.41, 5.74) is -1.28. The second-order valence-corrected chi connectivity index (χ2v) is 4.92. The molecule has 112 valence electrons. The zero-order valence-corrected chi connectivity index (χ0v) is 11.1. The Balaban J connectivity index is 2.38. The van der Waals surface area contributed by atoms with Gasteiger partial charge in [0.2, 0.25) is 5.82 Å². The van der Waals surface area contributed by atoms with Gasteiger partial charge in [-0.2, -0.15) is 13.2 Å². The highest BCUT2D eigenvalue weighted by Gasteiger charge is 2.42. The van der Waals surface area contributed by atoms with Gasteiger partial charge in [-0.1, -0.05) is 0 Å². The van der Waals surface area contributed by atoms with E-state index < -0.39 is 23.3 Å². The number of halogens is 3. The molecule has 0 aliphatic carbocycles. The average Bonchev–Trinajstić information content (AvgIpc) is 2.40. The van der Waals surface area contributed by atoms with Crippen molar-refractivity contribution >= 4 is 5.82 Å². The van der Waals surface area contributed by atoms with E-state index >= 15 is 0 Å². The summed E-state index contributed by atoms with van der Waals surface area (Å²) < 4.78 is 40.1. The Morgan fingerprint density at radius 3 is 2.50 bits per heavy atom. The molecule has 0 aromatic carbocycles. The molecule has 0 saturated carbocycles. The number of piperidine rings is 1. The van der Waals surface area contributed by atoms with E-state index in [0.717, 1.165) is 9.25 Å². The lowest BCUT2D eigenvalue weighted by atomic mass is 9.97. The first-order chi connectivity index (χ1) is 9.21. The molecular formula is C11H15F3N4O2. The summed E-state index contributed by atoms with van der Waals surface area (Å²) in [5.74, 6) is -1.58. The van der Waals surface area contributed by atoms with Crippen molar-refractivity contribution in [2.75, 3.05) is 18.0 Å². The molecule has 1 aromatic heterocycles. The molecule has 1 aliphatic rings. The second-order valence-electron chi connectivity index (χ2n) is 4.92. The largest absolute Gasteiger partial charge is 0.393 e. The minimum atomic E-state index is -4.29. The summed E-state index contributed by atoms with van der Waals surface area (Å²) in [7, 11) is 2.64. The minimum Gasteiger partial charge on any atom is -0.350 e. The van der Waals surface area contributed by atoms with Crippen LogP contribution in [0.3, 0.4) is 0 Å². The van der Waals surface area contributed by atoms with Crippen molar-refractivity contribution in [3.8, 4) is 0 Å². The third-order valence-corrected chi connectivity index (χ3v) is 3.49. The van der Waals surface area contributed by atoms with E-state index in [4.69, 9.17) is 0 Å². The predicted octanol–water partition coefficient (Wildman–Crippen LogP) is 0.258. The first-order valence-corrected chi connectivity index (χ1v) is 6.18. The predicted molar refractivity (Wildman–Crippen MR) is 65.7 cm³/mol. The Morgan fingerprint density at radius 1 is 1.25 bits per heavy atom. The molecule has 2 rings (SSSR count). The van der Waals surface area contributed by atoms with Crippen LogP contribution in [-0.2, 0) is 14.1 Å². The number of anilines is 1. The highest BCUT2D eigenvalue weighted by atomic mass is 19.4. The lowest BCUT2D eigenvalue weighted by molar-refractivity contribution is -0.176. The summed E-state index contributed by atoms with van der Waals surface area (Å²) in [4.78, 5) is 24.8. The number of rotatable bonds is 1. The minimum absolute atomic E-state index is 0.0477. The van der Waals surface area contributed by atoms with Gasteiger partial charge in [-0.15, -0.1) is 5.10 Å². The van der Waals surface area contributed by atoms with Crippen LogP contribution in [0.4, 0.5) is 19.0 Å². The van der Waals surface area contributed by atoms with E-state index in [9.17, 15) is 22.8 Å². The fourth-order valence-electron chi connectivity index (χ4n) is 2.32. The molecule has 0 N–H and O–H groups in total. The third-order valence-electron chi connectivity index (χ3n) is 3.49. The Hall–Kier alpha value is -1.80. The Morgan fingerprint density at radius 2 is 1.90 bits per heavy atom.